The van der Waals surface area contributed by atoms with Crippen molar-refractivity contribution in [1.29, 1.82) is 0 Å². The van der Waals surface area contributed by atoms with E-state index in [1.807, 2.05) is 11.9 Å². The summed E-state index contributed by atoms with van der Waals surface area (Å²) in [7, 11) is 1.88. The Labute approximate surface area is 103 Å². The van der Waals surface area contributed by atoms with Gasteiger partial charge in [0.15, 0.2) is 0 Å². The fraction of sp³-hybridized carbons (Fsp3) is 0.923. The van der Waals surface area contributed by atoms with Crippen LogP contribution < -0.4 is 5.73 Å². The summed E-state index contributed by atoms with van der Waals surface area (Å²) in [5, 5.41) is 0. The highest BCUT2D eigenvalue weighted by Gasteiger charge is 2.48. The fourth-order valence-electron chi connectivity index (χ4n) is 3.28. The van der Waals surface area contributed by atoms with E-state index in [1.54, 1.807) is 0 Å². The maximum absolute atomic E-state index is 12.4. The fourth-order valence-corrected chi connectivity index (χ4v) is 3.28. The van der Waals surface area contributed by atoms with Gasteiger partial charge in [-0.15, -0.1) is 0 Å². The number of carbonyl (C=O) groups is 1. The molecule has 2 aliphatic rings. The average molecular weight is 240 g/mol. The van der Waals surface area contributed by atoms with Gasteiger partial charge in [-0.3, -0.25) is 4.79 Å². The number of hydrogen-bond donors (Lipinski definition) is 1. The molecule has 1 aliphatic carbocycles. The lowest BCUT2D eigenvalue weighted by Crippen LogP contribution is -2.54. The van der Waals surface area contributed by atoms with Crippen molar-refractivity contribution in [3.8, 4) is 0 Å². The van der Waals surface area contributed by atoms with Crippen LogP contribution >= 0.6 is 0 Å². The summed E-state index contributed by atoms with van der Waals surface area (Å²) < 4.78 is 5.57. The first-order valence-corrected chi connectivity index (χ1v) is 6.64. The first-order chi connectivity index (χ1) is 8.07. The molecule has 1 amide bonds. The van der Waals surface area contributed by atoms with Gasteiger partial charge in [0.2, 0.25) is 5.91 Å². The Hall–Kier alpha value is -0.610. The van der Waals surface area contributed by atoms with E-state index < -0.39 is 0 Å². The quantitative estimate of drug-likeness (QED) is 0.797. The van der Waals surface area contributed by atoms with E-state index in [0.717, 1.165) is 38.8 Å². The van der Waals surface area contributed by atoms with Crippen molar-refractivity contribution in [2.45, 2.75) is 38.7 Å². The van der Waals surface area contributed by atoms with Crippen LogP contribution in [0.1, 0.15) is 32.6 Å². The van der Waals surface area contributed by atoms with Crippen molar-refractivity contribution in [3.05, 3.63) is 0 Å². The molecule has 1 unspecified atom stereocenters. The lowest BCUT2D eigenvalue weighted by Gasteiger charge is -2.46. The Morgan fingerprint density at radius 1 is 1.53 bits per heavy atom. The molecular formula is C13H24N2O2. The van der Waals surface area contributed by atoms with Gasteiger partial charge in [-0.25, -0.2) is 0 Å². The van der Waals surface area contributed by atoms with E-state index in [-0.39, 0.29) is 17.4 Å². The molecular weight excluding hydrogens is 216 g/mol. The number of likely N-dealkylation sites (N-methyl/N-ethyl adjacent to an activating group) is 1. The van der Waals surface area contributed by atoms with E-state index in [2.05, 4.69) is 6.92 Å². The van der Waals surface area contributed by atoms with E-state index >= 15 is 0 Å². The molecule has 1 atom stereocenters. The number of amides is 1. The van der Waals surface area contributed by atoms with Gasteiger partial charge in [-0.2, -0.15) is 0 Å². The topological polar surface area (TPSA) is 55.6 Å². The normalized spacial score (nSPS) is 36.6. The van der Waals surface area contributed by atoms with Crippen molar-refractivity contribution in [3.63, 3.8) is 0 Å². The maximum atomic E-state index is 12.4. The molecule has 1 saturated carbocycles. The number of carbonyl (C=O) groups excluding carboxylic acids is 1. The SMILES string of the molecule is CC1CC(CN)(C(=O)N(C)CC2CCCO2)C1. The zero-order valence-corrected chi connectivity index (χ0v) is 10.9. The first kappa shape index (κ1) is 12.8. The highest BCUT2D eigenvalue weighted by molar-refractivity contribution is 5.83. The molecule has 2 rings (SSSR count). The third kappa shape index (κ3) is 2.47. The molecule has 2 fully saturated rings. The summed E-state index contributed by atoms with van der Waals surface area (Å²) in [5.74, 6) is 0.854. The molecule has 0 aromatic rings. The smallest absolute Gasteiger partial charge is 0.229 e. The third-order valence-corrected chi connectivity index (χ3v) is 4.17. The molecule has 0 radical (unpaired) electrons. The standard InChI is InChI=1S/C13H24N2O2/c1-10-6-13(7-10,9-14)12(16)15(2)8-11-4-3-5-17-11/h10-11H,3-9,14H2,1-2H3. The van der Waals surface area contributed by atoms with E-state index in [9.17, 15) is 4.79 Å². The summed E-state index contributed by atoms with van der Waals surface area (Å²) in [5.41, 5.74) is 5.53. The second kappa shape index (κ2) is 4.94. The number of hydrogen-bond acceptors (Lipinski definition) is 3. The van der Waals surface area contributed by atoms with Crippen LogP contribution in [0.15, 0.2) is 0 Å². The summed E-state index contributed by atoms with van der Waals surface area (Å²) in [4.78, 5) is 14.2. The van der Waals surface area contributed by atoms with Gasteiger partial charge >= 0.3 is 0 Å². The van der Waals surface area contributed by atoms with E-state index in [4.69, 9.17) is 10.5 Å². The Balaban J connectivity index is 1.89. The Morgan fingerprint density at radius 3 is 2.71 bits per heavy atom. The van der Waals surface area contributed by atoms with Crippen LogP contribution in [0.3, 0.4) is 0 Å². The first-order valence-electron chi connectivity index (χ1n) is 6.64. The Morgan fingerprint density at radius 2 is 2.24 bits per heavy atom. The van der Waals surface area contributed by atoms with Crippen LogP contribution in [0.2, 0.25) is 0 Å². The second-order valence-electron chi connectivity index (χ2n) is 5.82. The van der Waals surface area contributed by atoms with Gasteiger partial charge in [0, 0.05) is 26.7 Å². The molecule has 1 heterocycles. The minimum absolute atomic E-state index is 0.216. The molecule has 2 N–H and O–H groups in total. The molecule has 0 aromatic heterocycles. The van der Waals surface area contributed by atoms with Crippen molar-refractivity contribution in [2.75, 3.05) is 26.7 Å². The minimum atomic E-state index is -0.271. The molecule has 1 saturated heterocycles. The lowest BCUT2D eigenvalue weighted by atomic mass is 9.62. The molecule has 0 bridgehead atoms. The van der Waals surface area contributed by atoms with Crippen LogP contribution in [0.5, 0.6) is 0 Å². The highest BCUT2D eigenvalue weighted by Crippen LogP contribution is 2.45. The number of nitrogens with two attached hydrogens (primary N) is 1. The van der Waals surface area contributed by atoms with E-state index in [1.165, 1.54) is 0 Å². The largest absolute Gasteiger partial charge is 0.376 e. The van der Waals surface area contributed by atoms with Crippen LogP contribution in [0.25, 0.3) is 0 Å². The Bertz CT molecular complexity index is 281. The van der Waals surface area contributed by atoms with Gasteiger partial charge in [0.1, 0.15) is 0 Å². The van der Waals surface area contributed by atoms with Crippen molar-refractivity contribution >= 4 is 5.91 Å². The van der Waals surface area contributed by atoms with Crippen molar-refractivity contribution < 1.29 is 9.53 Å². The molecule has 4 nitrogen and oxygen atoms in total. The molecule has 0 spiro atoms. The molecule has 17 heavy (non-hydrogen) atoms. The van der Waals surface area contributed by atoms with Crippen LogP contribution in [0.4, 0.5) is 0 Å². The molecule has 98 valence electrons. The predicted molar refractivity (Wildman–Crippen MR) is 66.5 cm³/mol. The minimum Gasteiger partial charge on any atom is -0.376 e. The zero-order valence-electron chi connectivity index (χ0n) is 10.9. The average Bonchev–Trinajstić information content (AvgIpc) is 2.76. The molecule has 0 aromatic carbocycles. The van der Waals surface area contributed by atoms with Gasteiger partial charge in [0.05, 0.1) is 11.5 Å². The second-order valence-corrected chi connectivity index (χ2v) is 5.82. The summed E-state index contributed by atoms with van der Waals surface area (Å²) in [6.45, 7) is 4.22. The monoisotopic (exact) mass is 240 g/mol. The Kier molecular flexibility index (Phi) is 3.73. The molecule has 4 heteroatoms. The van der Waals surface area contributed by atoms with Crippen LogP contribution in [-0.2, 0) is 9.53 Å². The maximum Gasteiger partial charge on any atom is 0.229 e. The van der Waals surface area contributed by atoms with Gasteiger partial charge in [-0.1, -0.05) is 6.92 Å². The van der Waals surface area contributed by atoms with Gasteiger partial charge in [-0.05, 0) is 31.6 Å². The van der Waals surface area contributed by atoms with Crippen molar-refractivity contribution in [1.82, 2.24) is 4.90 Å². The van der Waals surface area contributed by atoms with Crippen LogP contribution in [0, 0.1) is 11.3 Å². The highest BCUT2D eigenvalue weighted by atomic mass is 16.5. The lowest BCUT2D eigenvalue weighted by molar-refractivity contribution is -0.149. The van der Waals surface area contributed by atoms with Gasteiger partial charge < -0.3 is 15.4 Å². The number of rotatable bonds is 4. The van der Waals surface area contributed by atoms with Crippen molar-refractivity contribution in [2.24, 2.45) is 17.1 Å². The summed E-state index contributed by atoms with van der Waals surface area (Å²) in [6, 6.07) is 0. The van der Waals surface area contributed by atoms with Gasteiger partial charge in [0.25, 0.3) is 0 Å². The third-order valence-electron chi connectivity index (χ3n) is 4.17. The predicted octanol–water partition coefficient (Wildman–Crippen LogP) is 0.999. The van der Waals surface area contributed by atoms with Crippen LogP contribution in [-0.4, -0.2) is 43.7 Å². The zero-order chi connectivity index (χ0) is 12.5. The van der Waals surface area contributed by atoms with E-state index in [0.29, 0.717) is 12.5 Å². The summed E-state index contributed by atoms with van der Waals surface area (Å²) >= 11 is 0. The summed E-state index contributed by atoms with van der Waals surface area (Å²) in [6.07, 6.45) is 4.31. The number of ether oxygens (including phenoxy) is 1. The molecule has 1 aliphatic heterocycles. The number of nitrogens with zero attached hydrogens (tertiary/aromatic N) is 1.